The molecule has 1 fully saturated rings. The molecule has 0 amide bonds. The van der Waals surface area contributed by atoms with E-state index < -0.39 is 11.6 Å². The van der Waals surface area contributed by atoms with Crippen molar-refractivity contribution in [3.05, 3.63) is 48.5 Å². The molecule has 1 aliphatic rings. The number of hydrogen-bond donors (Lipinski definition) is 0. The number of fused-ring (bicyclic) bond motifs is 2. The highest BCUT2D eigenvalue weighted by molar-refractivity contribution is 5.93. The van der Waals surface area contributed by atoms with E-state index in [0.29, 0.717) is 29.9 Å². The Bertz CT molecular complexity index is 1250. The number of aromatic nitrogens is 4. The second-order valence-corrected chi connectivity index (χ2v) is 7.78. The van der Waals surface area contributed by atoms with E-state index in [1.54, 1.807) is 18.3 Å². The van der Waals surface area contributed by atoms with Crippen LogP contribution < -0.4 is 4.74 Å². The van der Waals surface area contributed by atoms with Gasteiger partial charge in [0.25, 0.3) is 0 Å². The Kier molecular flexibility index (Phi) is 4.41. The summed E-state index contributed by atoms with van der Waals surface area (Å²) in [5, 5.41) is 5.47. The van der Waals surface area contributed by atoms with Gasteiger partial charge in [0.05, 0.1) is 54.9 Å². The van der Waals surface area contributed by atoms with E-state index in [1.165, 1.54) is 13.2 Å². The molecule has 0 radical (unpaired) electrons. The summed E-state index contributed by atoms with van der Waals surface area (Å²) in [7, 11) is 1.44. The normalized spacial score (nSPS) is 18.3. The minimum atomic E-state index is -0.575. The van der Waals surface area contributed by atoms with Crippen LogP contribution in [-0.2, 0) is 16.0 Å². The van der Waals surface area contributed by atoms with Gasteiger partial charge >= 0.3 is 0 Å². The second kappa shape index (κ2) is 7.00. The highest BCUT2D eigenvalue weighted by atomic mass is 19.1. The van der Waals surface area contributed by atoms with Gasteiger partial charge in [0.2, 0.25) is 0 Å². The summed E-state index contributed by atoms with van der Waals surface area (Å²) in [5.41, 5.74) is 3.62. The van der Waals surface area contributed by atoms with Crippen molar-refractivity contribution in [1.82, 2.24) is 19.7 Å². The number of rotatable bonds is 4. The standard InChI is InChI=1S/C22H21FN4O3/c1-22(2)29-12-15(30-22)11-27-20-8-18-17(7-14(20)9-25-27)24-10-19(26-18)13-4-5-21(28-3)16(23)6-13/h4-10,15H,11-12H2,1-3H3/t15-/m1/s1. The Labute approximate surface area is 172 Å². The fraction of sp³-hybridized carbons (Fsp3) is 0.318. The summed E-state index contributed by atoms with van der Waals surface area (Å²) >= 11 is 0. The van der Waals surface area contributed by atoms with Crippen LogP contribution in [-0.4, -0.2) is 45.4 Å². The van der Waals surface area contributed by atoms with Crippen LogP contribution in [0.1, 0.15) is 13.8 Å². The van der Waals surface area contributed by atoms with Gasteiger partial charge in [-0.05, 0) is 44.2 Å². The molecule has 1 saturated heterocycles. The van der Waals surface area contributed by atoms with Crippen LogP contribution >= 0.6 is 0 Å². The van der Waals surface area contributed by atoms with Crippen molar-refractivity contribution in [2.75, 3.05) is 13.7 Å². The third kappa shape index (κ3) is 3.38. The monoisotopic (exact) mass is 408 g/mol. The Morgan fingerprint density at radius 1 is 1.20 bits per heavy atom. The van der Waals surface area contributed by atoms with E-state index in [2.05, 4.69) is 10.1 Å². The Morgan fingerprint density at radius 2 is 2.07 bits per heavy atom. The maximum absolute atomic E-state index is 14.1. The molecule has 0 bridgehead atoms. The zero-order valence-electron chi connectivity index (χ0n) is 16.9. The Balaban J connectivity index is 1.52. The summed E-state index contributed by atoms with van der Waals surface area (Å²) in [4.78, 5) is 9.21. The summed E-state index contributed by atoms with van der Waals surface area (Å²) in [6.45, 7) is 4.91. The molecule has 2 aromatic carbocycles. The molecule has 2 aromatic heterocycles. The first kappa shape index (κ1) is 18.9. The number of benzene rings is 2. The molecule has 0 N–H and O–H groups in total. The lowest BCUT2D eigenvalue weighted by Crippen LogP contribution is -2.24. The van der Waals surface area contributed by atoms with Gasteiger partial charge in [-0.2, -0.15) is 5.10 Å². The number of ether oxygens (including phenoxy) is 3. The summed E-state index contributed by atoms with van der Waals surface area (Å²) < 4.78 is 32.5. The molecular weight excluding hydrogens is 387 g/mol. The van der Waals surface area contributed by atoms with Crippen molar-refractivity contribution in [3.8, 4) is 17.0 Å². The molecule has 3 heterocycles. The van der Waals surface area contributed by atoms with Gasteiger partial charge in [0.1, 0.15) is 6.10 Å². The topological polar surface area (TPSA) is 71.3 Å². The average molecular weight is 408 g/mol. The van der Waals surface area contributed by atoms with Crippen LogP contribution in [0.15, 0.2) is 42.7 Å². The lowest BCUT2D eigenvalue weighted by atomic mass is 10.1. The highest BCUT2D eigenvalue weighted by Gasteiger charge is 2.33. The van der Waals surface area contributed by atoms with E-state index >= 15 is 0 Å². The summed E-state index contributed by atoms with van der Waals surface area (Å²) in [5.74, 6) is -0.819. The van der Waals surface area contributed by atoms with Gasteiger partial charge in [0, 0.05) is 10.9 Å². The van der Waals surface area contributed by atoms with Crippen LogP contribution in [0.5, 0.6) is 5.75 Å². The number of methoxy groups -OCH3 is 1. The Morgan fingerprint density at radius 3 is 2.80 bits per heavy atom. The first-order valence-corrected chi connectivity index (χ1v) is 9.70. The van der Waals surface area contributed by atoms with Gasteiger partial charge < -0.3 is 14.2 Å². The number of nitrogens with zero attached hydrogens (tertiary/aromatic N) is 4. The van der Waals surface area contributed by atoms with E-state index in [4.69, 9.17) is 19.2 Å². The summed E-state index contributed by atoms with van der Waals surface area (Å²) in [6, 6.07) is 8.65. The molecule has 0 saturated carbocycles. The van der Waals surface area contributed by atoms with Crippen molar-refractivity contribution in [1.29, 1.82) is 0 Å². The fourth-order valence-corrected chi connectivity index (χ4v) is 3.74. The van der Waals surface area contributed by atoms with E-state index in [0.717, 1.165) is 16.4 Å². The number of hydrogen-bond acceptors (Lipinski definition) is 6. The maximum atomic E-state index is 14.1. The minimum absolute atomic E-state index is 0.0708. The lowest BCUT2D eigenvalue weighted by molar-refractivity contribution is -0.139. The molecule has 5 rings (SSSR count). The van der Waals surface area contributed by atoms with Crippen LogP contribution in [0, 0.1) is 5.82 Å². The first-order valence-electron chi connectivity index (χ1n) is 9.70. The van der Waals surface area contributed by atoms with Crippen molar-refractivity contribution in [3.63, 3.8) is 0 Å². The zero-order valence-corrected chi connectivity index (χ0v) is 16.9. The van der Waals surface area contributed by atoms with E-state index in [-0.39, 0.29) is 11.9 Å². The van der Waals surface area contributed by atoms with Crippen molar-refractivity contribution in [2.24, 2.45) is 0 Å². The number of halogens is 1. The minimum Gasteiger partial charge on any atom is -0.494 e. The van der Waals surface area contributed by atoms with Crippen LogP contribution in [0.3, 0.4) is 0 Å². The molecular formula is C22H21FN4O3. The smallest absolute Gasteiger partial charge is 0.165 e. The van der Waals surface area contributed by atoms with Crippen molar-refractivity contribution >= 4 is 21.9 Å². The van der Waals surface area contributed by atoms with Gasteiger partial charge in [-0.25, -0.2) is 9.37 Å². The molecule has 7 nitrogen and oxygen atoms in total. The quantitative estimate of drug-likeness (QED) is 0.509. The third-order valence-corrected chi connectivity index (χ3v) is 5.20. The third-order valence-electron chi connectivity index (χ3n) is 5.20. The van der Waals surface area contributed by atoms with Crippen molar-refractivity contribution in [2.45, 2.75) is 32.3 Å². The molecule has 1 aliphatic heterocycles. The summed E-state index contributed by atoms with van der Waals surface area (Å²) in [6.07, 6.45) is 3.38. The molecule has 8 heteroatoms. The molecule has 4 aromatic rings. The molecule has 154 valence electrons. The van der Waals surface area contributed by atoms with Gasteiger partial charge in [-0.15, -0.1) is 0 Å². The van der Waals surface area contributed by atoms with E-state index in [1.807, 2.05) is 36.9 Å². The van der Waals surface area contributed by atoms with Gasteiger partial charge in [-0.1, -0.05) is 0 Å². The van der Waals surface area contributed by atoms with Crippen LogP contribution in [0.4, 0.5) is 4.39 Å². The molecule has 0 spiro atoms. The first-order chi connectivity index (χ1) is 14.4. The van der Waals surface area contributed by atoms with Gasteiger partial charge in [-0.3, -0.25) is 9.67 Å². The largest absolute Gasteiger partial charge is 0.494 e. The average Bonchev–Trinajstić information content (AvgIpc) is 3.28. The predicted octanol–water partition coefficient (Wildman–Crippen LogP) is 3.95. The maximum Gasteiger partial charge on any atom is 0.165 e. The van der Waals surface area contributed by atoms with Crippen molar-refractivity contribution < 1.29 is 18.6 Å². The fourth-order valence-electron chi connectivity index (χ4n) is 3.74. The molecule has 30 heavy (non-hydrogen) atoms. The Hall–Kier alpha value is -3.10. The zero-order chi connectivity index (χ0) is 20.9. The van der Waals surface area contributed by atoms with Gasteiger partial charge in [0.15, 0.2) is 17.4 Å². The lowest BCUT2D eigenvalue weighted by Gasteiger charge is -2.17. The van der Waals surface area contributed by atoms with Crippen LogP contribution in [0.25, 0.3) is 33.2 Å². The SMILES string of the molecule is COc1ccc(-c2cnc3cc4cnn(C[C@@H]5COC(C)(C)O5)c4cc3n2)cc1F. The molecule has 0 unspecified atom stereocenters. The second-order valence-electron chi connectivity index (χ2n) is 7.78. The molecule has 0 aliphatic carbocycles. The van der Waals surface area contributed by atoms with Crippen LogP contribution in [0.2, 0.25) is 0 Å². The highest BCUT2D eigenvalue weighted by Crippen LogP contribution is 2.28. The van der Waals surface area contributed by atoms with E-state index in [9.17, 15) is 4.39 Å². The molecule has 1 atom stereocenters. The predicted molar refractivity (Wildman–Crippen MR) is 110 cm³/mol.